The molecule has 2 amide bonds. The molecule has 8 heteroatoms. The van der Waals surface area contributed by atoms with E-state index < -0.39 is 4.92 Å². The third-order valence-electron chi connectivity index (χ3n) is 5.77. The summed E-state index contributed by atoms with van der Waals surface area (Å²) < 4.78 is 0. The highest BCUT2D eigenvalue weighted by molar-refractivity contribution is 5.96. The molecule has 2 aromatic carbocycles. The number of rotatable bonds is 8. The van der Waals surface area contributed by atoms with Crippen molar-refractivity contribution >= 4 is 28.9 Å². The summed E-state index contributed by atoms with van der Waals surface area (Å²) in [5.41, 5.74) is 2.11. The molecular weight excluding hydrogens is 396 g/mol. The van der Waals surface area contributed by atoms with E-state index in [2.05, 4.69) is 16.0 Å². The van der Waals surface area contributed by atoms with Gasteiger partial charge in [-0.05, 0) is 55.5 Å². The van der Waals surface area contributed by atoms with E-state index in [9.17, 15) is 19.7 Å². The van der Waals surface area contributed by atoms with Crippen LogP contribution in [-0.2, 0) is 11.3 Å². The predicted molar refractivity (Wildman–Crippen MR) is 118 cm³/mol. The normalized spacial score (nSPS) is 16.0. The number of nitro groups is 1. The van der Waals surface area contributed by atoms with Gasteiger partial charge in [-0.2, -0.15) is 0 Å². The number of carbonyl (C=O) groups excluding carboxylic acids is 2. The number of carbonyl (C=O) groups is 2. The van der Waals surface area contributed by atoms with Gasteiger partial charge in [0.2, 0.25) is 5.91 Å². The molecule has 0 aromatic heterocycles. The van der Waals surface area contributed by atoms with Crippen molar-refractivity contribution in [2.24, 2.45) is 5.92 Å². The molecule has 0 atom stereocenters. The monoisotopic (exact) mass is 422 g/mol. The predicted octanol–water partition coefficient (Wildman–Crippen LogP) is 4.23. The molecule has 31 heavy (non-hydrogen) atoms. The first kappa shape index (κ1) is 20.8. The minimum Gasteiger partial charge on any atom is -0.377 e. The Kier molecular flexibility index (Phi) is 6.16. The van der Waals surface area contributed by atoms with Crippen LogP contribution in [0.5, 0.6) is 0 Å². The number of hydrogen-bond acceptors (Lipinski definition) is 5. The van der Waals surface area contributed by atoms with Crippen LogP contribution in [0.15, 0.2) is 42.5 Å². The van der Waals surface area contributed by atoms with Crippen molar-refractivity contribution in [2.75, 3.05) is 10.6 Å². The van der Waals surface area contributed by atoms with Crippen LogP contribution in [0.4, 0.5) is 17.1 Å². The van der Waals surface area contributed by atoms with Crippen molar-refractivity contribution in [3.8, 4) is 0 Å². The maximum atomic E-state index is 12.6. The molecule has 2 aromatic rings. The average molecular weight is 422 g/mol. The van der Waals surface area contributed by atoms with Gasteiger partial charge in [0.1, 0.15) is 5.69 Å². The molecule has 0 saturated heterocycles. The molecule has 4 rings (SSSR count). The Morgan fingerprint density at radius 1 is 1.03 bits per heavy atom. The van der Waals surface area contributed by atoms with E-state index >= 15 is 0 Å². The first-order chi connectivity index (χ1) is 15.0. The van der Waals surface area contributed by atoms with E-state index in [1.54, 1.807) is 12.1 Å². The molecule has 0 unspecified atom stereocenters. The van der Waals surface area contributed by atoms with Crippen LogP contribution in [0.3, 0.4) is 0 Å². The van der Waals surface area contributed by atoms with Gasteiger partial charge in [-0.3, -0.25) is 19.7 Å². The number of anilines is 2. The summed E-state index contributed by atoms with van der Waals surface area (Å²) in [6, 6.07) is 12.1. The number of amides is 2. The summed E-state index contributed by atoms with van der Waals surface area (Å²) >= 11 is 0. The van der Waals surface area contributed by atoms with E-state index in [1.165, 1.54) is 6.07 Å². The fourth-order valence-corrected chi connectivity index (χ4v) is 3.87. The number of hydrogen-bond donors (Lipinski definition) is 3. The molecule has 0 heterocycles. The van der Waals surface area contributed by atoms with Gasteiger partial charge in [-0.25, -0.2) is 0 Å². The van der Waals surface area contributed by atoms with Gasteiger partial charge in [0.05, 0.1) is 4.92 Å². The number of benzene rings is 2. The summed E-state index contributed by atoms with van der Waals surface area (Å²) in [4.78, 5) is 35.8. The Balaban J connectivity index is 1.37. The van der Waals surface area contributed by atoms with Gasteiger partial charge in [-0.1, -0.05) is 25.0 Å². The quantitative estimate of drug-likeness (QED) is 0.435. The second kappa shape index (κ2) is 9.16. The van der Waals surface area contributed by atoms with Crippen molar-refractivity contribution < 1.29 is 14.5 Å². The lowest BCUT2D eigenvalue weighted by molar-refractivity contribution is -0.384. The average Bonchev–Trinajstić information content (AvgIpc) is 3.40. The Hall–Kier alpha value is -3.42. The van der Waals surface area contributed by atoms with E-state index in [1.807, 2.05) is 24.3 Å². The van der Waals surface area contributed by atoms with Crippen molar-refractivity contribution in [3.63, 3.8) is 0 Å². The summed E-state index contributed by atoms with van der Waals surface area (Å²) in [5.74, 6) is -0.260. The highest BCUT2D eigenvalue weighted by Crippen LogP contribution is 2.31. The van der Waals surface area contributed by atoms with Crippen LogP contribution < -0.4 is 16.0 Å². The highest BCUT2D eigenvalue weighted by Gasteiger charge is 2.26. The molecule has 2 aliphatic rings. The fraction of sp³-hybridized carbons (Fsp3) is 0.391. The Morgan fingerprint density at radius 3 is 2.52 bits per heavy atom. The third kappa shape index (κ3) is 5.39. The maximum Gasteiger partial charge on any atom is 0.293 e. The van der Waals surface area contributed by atoms with Gasteiger partial charge in [0.25, 0.3) is 11.6 Å². The Bertz CT molecular complexity index is 997. The zero-order valence-corrected chi connectivity index (χ0v) is 17.2. The molecule has 0 radical (unpaired) electrons. The summed E-state index contributed by atoms with van der Waals surface area (Å²) in [6.45, 7) is 0.252. The molecule has 3 N–H and O–H groups in total. The van der Waals surface area contributed by atoms with Crippen LogP contribution >= 0.6 is 0 Å². The third-order valence-corrected chi connectivity index (χ3v) is 5.77. The minimum atomic E-state index is -0.474. The molecular formula is C23H26N4O4. The van der Waals surface area contributed by atoms with Crippen molar-refractivity contribution in [2.45, 2.75) is 51.1 Å². The second-order valence-electron chi connectivity index (χ2n) is 8.26. The number of nitrogens with zero attached hydrogens (tertiary/aromatic N) is 1. The van der Waals surface area contributed by atoms with Gasteiger partial charge in [0.15, 0.2) is 0 Å². The standard InChI is InChI=1S/C23H26N4O4/c28-22(17-8-11-20(25-18-9-10-18)21(13-17)27(30)31)24-14-15-4-3-7-19(12-15)26-23(29)16-5-1-2-6-16/h3-4,7-8,11-13,16,18,25H,1-2,5-6,9-10,14H2,(H,24,28)(H,26,29). The molecule has 162 valence electrons. The van der Waals surface area contributed by atoms with Crippen LogP contribution in [0.25, 0.3) is 0 Å². The van der Waals surface area contributed by atoms with E-state index in [4.69, 9.17) is 0 Å². The van der Waals surface area contributed by atoms with Crippen molar-refractivity contribution in [1.82, 2.24) is 5.32 Å². The molecule has 2 aliphatic carbocycles. The maximum absolute atomic E-state index is 12.6. The van der Waals surface area contributed by atoms with Crippen LogP contribution in [-0.4, -0.2) is 22.8 Å². The van der Waals surface area contributed by atoms with Gasteiger partial charge in [0, 0.05) is 35.8 Å². The molecule has 0 aliphatic heterocycles. The fourth-order valence-electron chi connectivity index (χ4n) is 3.87. The lowest BCUT2D eigenvalue weighted by Gasteiger charge is -2.12. The lowest BCUT2D eigenvalue weighted by atomic mass is 10.1. The first-order valence-electron chi connectivity index (χ1n) is 10.7. The van der Waals surface area contributed by atoms with E-state index in [0.29, 0.717) is 11.4 Å². The van der Waals surface area contributed by atoms with E-state index in [0.717, 1.165) is 44.1 Å². The Morgan fingerprint density at radius 2 is 1.81 bits per heavy atom. The lowest BCUT2D eigenvalue weighted by Crippen LogP contribution is -2.23. The van der Waals surface area contributed by atoms with Crippen LogP contribution in [0.1, 0.15) is 54.4 Å². The highest BCUT2D eigenvalue weighted by atomic mass is 16.6. The molecule has 2 saturated carbocycles. The summed E-state index contributed by atoms with van der Waals surface area (Å²) in [6.07, 6.45) is 6.06. The number of nitro benzene ring substituents is 1. The van der Waals surface area contributed by atoms with Gasteiger partial charge in [-0.15, -0.1) is 0 Å². The van der Waals surface area contributed by atoms with E-state index in [-0.39, 0.29) is 41.6 Å². The molecule has 2 fully saturated rings. The topological polar surface area (TPSA) is 113 Å². The SMILES string of the molecule is O=C(NCc1cccc(NC(=O)C2CCCC2)c1)c1ccc(NC2CC2)c([N+](=O)[O-])c1. The van der Waals surface area contributed by atoms with Crippen molar-refractivity contribution in [3.05, 3.63) is 63.7 Å². The summed E-state index contributed by atoms with van der Waals surface area (Å²) in [5, 5.41) is 20.3. The van der Waals surface area contributed by atoms with Crippen molar-refractivity contribution in [1.29, 1.82) is 0 Å². The van der Waals surface area contributed by atoms with Gasteiger partial charge < -0.3 is 16.0 Å². The van der Waals surface area contributed by atoms with Gasteiger partial charge >= 0.3 is 0 Å². The van der Waals surface area contributed by atoms with Crippen LogP contribution in [0.2, 0.25) is 0 Å². The smallest absolute Gasteiger partial charge is 0.293 e. The summed E-state index contributed by atoms with van der Waals surface area (Å²) in [7, 11) is 0. The van der Waals surface area contributed by atoms with Crippen LogP contribution in [0, 0.1) is 16.0 Å². The molecule has 8 nitrogen and oxygen atoms in total. The zero-order valence-electron chi connectivity index (χ0n) is 17.2. The number of nitrogens with one attached hydrogen (secondary N) is 3. The minimum absolute atomic E-state index is 0.0471. The second-order valence-corrected chi connectivity index (χ2v) is 8.26. The molecule has 0 bridgehead atoms. The Labute approximate surface area is 180 Å². The molecule has 0 spiro atoms. The first-order valence-corrected chi connectivity index (χ1v) is 10.7. The largest absolute Gasteiger partial charge is 0.377 e. The zero-order chi connectivity index (χ0) is 21.8.